The lowest BCUT2D eigenvalue weighted by Crippen LogP contribution is -2.12. The number of alkyl halides is 3. The van der Waals surface area contributed by atoms with Crippen LogP contribution < -0.4 is 4.18 Å². The van der Waals surface area contributed by atoms with Crippen LogP contribution in [0.25, 0.3) is 22.6 Å². The van der Waals surface area contributed by atoms with Crippen molar-refractivity contribution in [1.82, 2.24) is 4.98 Å². The third-order valence-electron chi connectivity index (χ3n) is 4.36. The Kier molecular flexibility index (Phi) is 5.18. The summed E-state index contributed by atoms with van der Waals surface area (Å²) in [5.74, 6) is -0.0594. The number of aromatic nitrogens is 1. The predicted octanol–water partition coefficient (Wildman–Crippen LogP) is 6.24. The monoisotopic (exact) mass is 467 g/mol. The molecule has 0 unspecified atom stereocenters. The van der Waals surface area contributed by atoms with Gasteiger partial charge in [-0.3, -0.25) is 0 Å². The molecular formula is C21H13ClF3NO4S. The molecule has 4 aromatic rings. The Morgan fingerprint density at radius 2 is 1.81 bits per heavy atom. The van der Waals surface area contributed by atoms with Crippen LogP contribution in [0.3, 0.4) is 0 Å². The Hall–Kier alpha value is -3.04. The van der Waals surface area contributed by atoms with Crippen molar-refractivity contribution in [3.05, 3.63) is 76.8 Å². The quantitative estimate of drug-likeness (QED) is 0.332. The van der Waals surface area contributed by atoms with E-state index >= 15 is 0 Å². The van der Waals surface area contributed by atoms with E-state index in [1.165, 1.54) is 6.07 Å². The first-order valence-corrected chi connectivity index (χ1v) is 10.6. The highest BCUT2D eigenvalue weighted by Crippen LogP contribution is 2.36. The number of hydrogen-bond acceptors (Lipinski definition) is 5. The molecule has 0 spiro atoms. The highest BCUT2D eigenvalue weighted by Gasteiger charge is 2.32. The zero-order chi connectivity index (χ0) is 22.4. The topological polar surface area (TPSA) is 69.4 Å². The third kappa shape index (κ3) is 4.38. The molecule has 0 saturated carbocycles. The largest absolute Gasteiger partial charge is 0.436 e. The van der Waals surface area contributed by atoms with E-state index in [1.54, 1.807) is 37.3 Å². The smallest absolute Gasteiger partial charge is 0.416 e. The van der Waals surface area contributed by atoms with E-state index in [2.05, 4.69) is 4.98 Å². The molecule has 31 heavy (non-hydrogen) atoms. The van der Waals surface area contributed by atoms with Crippen molar-refractivity contribution in [1.29, 1.82) is 0 Å². The van der Waals surface area contributed by atoms with Crippen molar-refractivity contribution in [2.45, 2.75) is 18.0 Å². The van der Waals surface area contributed by atoms with Crippen molar-refractivity contribution >= 4 is 32.8 Å². The van der Waals surface area contributed by atoms with Crippen LogP contribution >= 0.6 is 11.6 Å². The average molecular weight is 468 g/mol. The fourth-order valence-corrected chi connectivity index (χ4v) is 4.05. The van der Waals surface area contributed by atoms with E-state index < -0.39 is 26.8 Å². The Morgan fingerprint density at radius 3 is 2.55 bits per heavy atom. The summed E-state index contributed by atoms with van der Waals surface area (Å²) in [5, 5.41) is 0.445. The minimum atomic E-state index is -4.69. The highest BCUT2D eigenvalue weighted by atomic mass is 35.5. The van der Waals surface area contributed by atoms with E-state index in [4.69, 9.17) is 20.2 Å². The summed E-state index contributed by atoms with van der Waals surface area (Å²) in [5.41, 5.74) is 0.766. The molecule has 0 N–H and O–H groups in total. The van der Waals surface area contributed by atoms with Crippen LogP contribution in [0.4, 0.5) is 13.2 Å². The van der Waals surface area contributed by atoms with E-state index in [0.29, 0.717) is 22.2 Å². The fraction of sp³-hybridized carbons (Fsp3) is 0.0952. The Bertz CT molecular complexity index is 1400. The van der Waals surface area contributed by atoms with Crippen molar-refractivity contribution in [3.8, 4) is 17.2 Å². The van der Waals surface area contributed by atoms with Crippen LogP contribution in [0.5, 0.6) is 5.75 Å². The summed E-state index contributed by atoms with van der Waals surface area (Å²) in [6.45, 7) is 1.77. The van der Waals surface area contributed by atoms with E-state index in [1.807, 2.05) is 0 Å². The second-order valence-corrected chi connectivity index (χ2v) is 8.68. The van der Waals surface area contributed by atoms with E-state index in [9.17, 15) is 21.6 Å². The van der Waals surface area contributed by atoms with Gasteiger partial charge < -0.3 is 8.60 Å². The Morgan fingerprint density at radius 1 is 1.03 bits per heavy atom. The van der Waals surface area contributed by atoms with Gasteiger partial charge in [-0.25, -0.2) is 4.98 Å². The van der Waals surface area contributed by atoms with Crippen molar-refractivity contribution in [3.63, 3.8) is 0 Å². The van der Waals surface area contributed by atoms with Gasteiger partial charge in [0.15, 0.2) is 11.3 Å². The zero-order valence-electron chi connectivity index (χ0n) is 15.8. The van der Waals surface area contributed by atoms with Crippen LogP contribution in [0.1, 0.15) is 11.1 Å². The van der Waals surface area contributed by atoms with E-state index in [0.717, 1.165) is 23.8 Å². The summed E-state index contributed by atoms with van der Waals surface area (Å²) >= 11 is 5.96. The minimum Gasteiger partial charge on any atom is -0.436 e. The predicted molar refractivity (Wildman–Crippen MR) is 108 cm³/mol. The number of nitrogens with zero attached hydrogens (tertiary/aromatic N) is 1. The molecule has 0 amide bonds. The molecule has 0 aliphatic heterocycles. The summed E-state index contributed by atoms with van der Waals surface area (Å²) in [7, 11) is -4.57. The second kappa shape index (κ2) is 7.58. The van der Waals surface area contributed by atoms with Gasteiger partial charge in [0, 0.05) is 5.02 Å². The fourth-order valence-electron chi connectivity index (χ4n) is 2.89. The molecule has 0 atom stereocenters. The number of halogens is 4. The number of aryl methyl sites for hydroxylation is 1. The molecule has 4 rings (SSSR count). The average Bonchev–Trinajstić information content (AvgIpc) is 3.11. The molecule has 10 heteroatoms. The van der Waals surface area contributed by atoms with Gasteiger partial charge in [-0.1, -0.05) is 29.3 Å². The first-order valence-electron chi connectivity index (χ1n) is 8.82. The van der Waals surface area contributed by atoms with Gasteiger partial charge in [0.1, 0.15) is 10.4 Å². The summed E-state index contributed by atoms with van der Waals surface area (Å²) in [6.07, 6.45) is -4.69. The van der Waals surface area contributed by atoms with Crippen LogP contribution in [0.2, 0.25) is 5.02 Å². The number of oxazole rings is 1. The van der Waals surface area contributed by atoms with Crippen LogP contribution in [0.15, 0.2) is 70.0 Å². The number of benzene rings is 3. The molecular weight excluding hydrogens is 455 g/mol. The maximum Gasteiger partial charge on any atom is 0.416 e. The lowest BCUT2D eigenvalue weighted by Gasteiger charge is -2.12. The molecule has 1 aromatic heterocycles. The number of hydrogen-bond donors (Lipinski definition) is 0. The summed E-state index contributed by atoms with van der Waals surface area (Å²) in [4.78, 5) is 3.69. The number of fused-ring (bicyclic) bond motifs is 1. The molecule has 3 aromatic carbocycles. The van der Waals surface area contributed by atoms with Crippen molar-refractivity contribution in [2.75, 3.05) is 0 Å². The Labute approximate surface area is 180 Å². The SMILES string of the molecule is Cc1ccc(OS(=O)(=O)c2cccc(C(F)(F)F)c2)c(-c2nc3cc(Cl)ccc3o2)c1. The second-order valence-electron chi connectivity index (χ2n) is 6.69. The Balaban J connectivity index is 1.77. The molecule has 0 bridgehead atoms. The van der Waals surface area contributed by atoms with Crippen molar-refractivity contribution in [2.24, 2.45) is 0 Å². The van der Waals surface area contributed by atoms with Gasteiger partial charge in [0.25, 0.3) is 0 Å². The molecule has 5 nitrogen and oxygen atoms in total. The maximum absolute atomic E-state index is 13.0. The van der Waals surface area contributed by atoms with Gasteiger partial charge >= 0.3 is 16.3 Å². The standard InChI is InChI=1S/C21H13ClF3NO4S/c1-12-5-7-18(16(9-12)20-26-17-11-14(22)6-8-19(17)29-20)30-31(27,28)15-4-2-3-13(10-15)21(23,24)25/h2-11H,1H3. The first kappa shape index (κ1) is 21.2. The summed E-state index contributed by atoms with van der Waals surface area (Å²) < 4.78 is 75.2. The van der Waals surface area contributed by atoms with E-state index in [-0.39, 0.29) is 17.2 Å². The van der Waals surface area contributed by atoms with Gasteiger partial charge in [0.2, 0.25) is 5.89 Å². The summed E-state index contributed by atoms with van der Waals surface area (Å²) in [6, 6.07) is 12.7. The molecule has 0 saturated heterocycles. The minimum absolute atomic E-state index is 0.0789. The molecule has 0 aliphatic carbocycles. The first-order chi connectivity index (χ1) is 14.5. The van der Waals surface area contributed by atoms with Gasteiger partial charge in [-0.05, 0) is 55.5 Å². The third-order valence-corrected chi connectivity index (χ3v) is 5.83. The van der Waals surface area contributed by atoms with Crippen molar-refractivity contribution < 1.29 is 30.2 Å². The molecule has 160 valence electrons. The van der Waals surface area contributed by atoms with Crippen LogP contribution in [-0.4, -0.2) is 13.4 Å². The molecule has 1 heterocycles. The normalized spacial score (nSPS) is 12.3. The number of rotatable bonds is 4. The lowest BCUT2D eigenvalue weighted by molar-refractivity contribution is -0.137. The molecule has 0 fully saturated rings. The van der Waals surface area contributed by atoms with Crippen LogP contribution in [0, 0.1) is 6.92 Å². The van der Waals surface area contributed by atoms with Gasteiger partial charge in [-0.2, -0.15) is 21.6 Å². The van der Waals surface area contributed by atoms with Gasteiger partial charge in [0.05, 0.1) is 11.1 Å². The molecule has 0 aliphatic rings. The van der Waals surface area contributed by atoms with Gasteiger partial charge in [-0.15, -0.1) is 0 Å². The highest BCUT2D eigenvalue weighted by molar-refractivity contribution is 7.87. The molecule has 0 radical (unpaired) electrons. The lowest BCUT2D eigenvalue weighted by atomic mass is 10.1. The van der Waals surface area contributed by atoms with Crippen LogP contribution in [-0.2, 0) is 16.3 Å². The zero-order valence-corrected chi connectivity index (χ0v) is 17.3. The maximum atomic E-state index is 13.0.